The summed E-state index contributed by atoms with van der Waals surface area (Å²) in [5, 5.41) is 9.07. The van der Waals surface area contributed by atoms with Gasteiger partial charge >= 0.3 is 5.97 Å². The maximum absolute atomic E-state index is 11.5. The largest absolute Gasteiger partial charge is 0.481 e. The van der Waals surface area contributed by atoms with Crippen LogP contribution in [-0.2, 0) is 21.2 Å². The summed E-state index contributed by atoms with van der Waals surface area (Å²) in [5.41, 5.74) is 0.984. The fraction of sp³-hybridized carbons (Fsp3) is 0.417. The van der Waals surface area contributed by atoms with Gasteiger partial charge in [-0.05, 0) is 30.5 Å². The lowest BCUT2D eigenvalue weighted by molar-refractivity contribution is -0.137. The Labute approximate surface area is 117 Å². The van der Waals surface area contributed by atoms with E-state index in [1.807, 2.05) is 12.1 Å². The first kappa shape index (κ1) is 15.9. The van der Waals surface area contributed by atoms with Gasteiger partial charge in [-0.25, -0.2) is 13.1 Å². The summed E-state index contributed by atoms with van der Waals surface area (Å²) < 4.78 is 25.5. The third-order valence-corrected chi connectivity index (χ3v) is 4.17. The van der Waals surface area contributed by atoms with Crippen molar-refractivity contribution in [2.45, 2.75) is 19.3 Å². The minimum Gasteiger partial charge on any atom is -0.481 e. The summed E-state index contributed by atoms with van der Waals surface area (Å²) in [5.74, 6) is -1.16. The Kier molecular flexibility index (Phi) is 6.27. The molecule has 0 atom stereocenters. The molecule has 0 saturated heterocycles. The van der Waals surface area contributed by atoms with Crippen molar-refractivity contribution in [3.63, 3.8) is 0 Å². The van der Waals surface area contributed by atoms with E-state index in [2.05, 4.69) is 4.72 Å². The fourth-order valence-corrected chi connectivity index (χ4v) is 2.70. The zero-order valence-electron chi connectivity index (χ0n) is 10.3. The van der Waals surface area contributed by atoms with E-state index in [1.54, 1.807) is 12.1 Å². The van der Waals surface area contributed by atoms with Crippen LogP contribution >= 0.6 is 11.6 Å². The van der Waals surface area contributed by atoms with E-state index >= 15 is 0 Å². The molecule has 0 saturated carbocycles. The number of halogens is 1. The number of hydrogen-bond acceptors (Lipinski definition) is 3. The van der Waals surface area contributed by atoms with Gasteiger partial charge in [-0.15, -0.1) is 0 Å². The van der Waals surface area contributed by atoms with Gasteiger partial charge in [0.15, 0.2) is 0 Å². The first-order chi connectivity index (χ1) is 8.89. The zero-order chi connectivity index (χ0) is 14.3. The molecule has 1 aromatic carbocycles. The van der Waals surface area contributed by atoms with Gasteiger partial charge in [-0.1, -0.05) is 23.7 Å². The Balaban J connectivity index is 2.31. The number of hydrogen-bond donors (Lipinski definition) is 2. The number of carboxylic acid groups (broad SMARTS) is 1. The Morgan fingerprint density at radius 2 is 1.89 bits per heavy atom. The van der Waals surface area contributed by atoms with Gasteiger partial charge in [0.05, 0.1) is 5.75 Å². The van der Waals surface area contributed by atoms with Crippen LogP contribution in [0.1, 0.15) is 18.4 Å². The average molecular weight is 306 g/mol. The van der Waals surface area contributed by atoms with Crippen LogP contribution in [0.4, 0.5) is 0 Å². The van der Waals surface area contributed by atoms with Crippen LogP contribution in [0, 0.1) is 0 Å². The molecule has 0 spiro atoms. The summed E-state index contributed by atoms with van der Waals surface area (Å²) in [7, 11) is -3.39. The van der Waals surface area contributed by atoms with E-state index in [0.29, 0.717) is 11.4 Å². The van der Waals surface area contributed by atoms with E-state index in [9.17, 15) is 13.2 Å². The lowest BCUT2D eigenvalue weighted by atomic mass is 10.2. The second-order valence-corrected chi connectivity index (χ2v) is 6.45. The first-order valence-electron chi connectivity index (χ1n) is 5.82. The molecule has 0 heterocycles. The molecule has 19 heavy (non-hydrogen) atoms. The van der Waals surface area contributed by atoms with Crippen LogP contribution in [0.2, 0.25) is 5.02 Å². The molecule has 0 unspecified atom stereocenters. The lowest BCUT2D eigenvalue weighted by Crippen LogP contribution is -2.28. The molecule has 0 bridgehead atoms. The third kappa shape index (κ3) is 7.15. The Morgan fingerprint density at radius 1 is 1.26 bits per heavy atom. The van der Waals surface area contributed by atoms with Gasteiger partial charge in [-0.2, -0.15) is 0 Å². The molecular formula is C12H16ClNO4S. The zero-order valence-corrected chi connectivity index (χ0v) is 11.9. The highest BCUT2D eigenvalue weighted by molar-refractivity contribution is 7.89. The van der Waals surface area contributed by atoms with Crippen molar-refractivity contribution in [2.24, 2.45) is 0 Å². The maximum Gasteiger partial charge on any atom is 0.303 e. The topological polar surface area (TPSA) is 83.5 Å². The predicted molar refractivity (Wildman–Crippen MR) is 73.8 cm³/mol. The van der Waals surface area contributed by atoms with Gasteiger partial charge in [0.1, 0.15) is 0 Å². The van der Waals surface area contributed by atoms with E-state index < -0.39 is 16.0 Å². The van der Waals surface area contributed by atoms with Crippen molar-refractivity contribution in [1.82, 2.24) is 4.72 Å². The second kappa shape index (κ2) is 7.47. The number of carbonyl (C=O) groups is 1. The Bertz CT molecular complexity index is 513. The SMILES string of the molecule is O=C(O)CCCS(=O)(=O)NCCc1ccc(Cl)cc1. The van der Waals surface area contributed by atoms with Crippen LogP contribution in [0.5, 0.6) is 0 Å². The molecule has 0 aliphatic rings. The molecule has 1 aromatic rings. The molecule has 7 heteroatoms. The normalized spacial score (nSPS) is 11.4. The Morgan fingerprint density at radius 3 is 2.47 bits per heavy atom. The molecule has 0 amide bonds. The molecule has 0 radical (unpaired) electrons. The summed E-state index contributed by atoms with van der Waals surface area (Å²) in [6.07, 6.45) is 0.541. The summed E-state index contributed by atoms with van der Waals surface area (Å²) in [4.78, 5) is 10.3. The number of rotatable bonds is 8. The summed E-state index contributed by atoms with van der Waals surface area (Å²) >= 11 is 5.74. The van der Waals surface area contributed by atoms with Gasteiger partial charge in [0.25, 0.3) is 0 Å². The Hall–Kier alpha value is -1.11. The standard InChI is InChI=1S/C12H16ClNO4S/c13-11-5-3-10(4-6-11)7-8-14-19(17,18)9-1-2-12(15)16/h3-6,14H,1-2,7-9H2,(H,15,16). The molecule has 0 aliphatic carbocycles. The molecular weight excluding hydrogens is 290 g/mol. The van der Waals surface area contributed by atoms with Crippen LogP contribution in [0.25, 0.3) is 0 Å². The number of carboxylic acids is 1. The minimum absolute atomic E-state index is 0.117. The van der Waals surface area contributed by atoms with Gasteiger partial charge in [0, 0.05) is 18.0 Å². The average Bonchev–Trinajstić information content (AvgIpc) is 2.30. The van der Waals surface area contributed by atoms with Crippen LogP contribution in [0.3, 0.4) is 0 Å². The van der Waals surface area contributed by atoms with Crippen LogP contribution < -0.4 is 4.72 Å². The smallest absolute Gasteiger partial charge is 0.303 e. The number of sulfonamides is 1. The van der Waals surface area contributed by atoms with Gasteiger partial charge < -0.3 is 5.11 Å². The van der Waals surface area contributed by atoms with Crippen LogP contribution in [0.15, 0.2) is 24.3 Å². The predicted octanol–water partition coefficient (Wildman–Crippen LogP) is 1.67. The van der Waals surface area contributed by atoms with E-state index in [1.165, 1.54) is 0 Å². The highest BCUT2D eigenvalue weighted by Gasteiger charge is 2.10. The highest BCUT2D eigenvalue weighted by atomic mass is 35.5. The van der Waals surface area contributed by atoms with Crippen molar-refractivity contribution in [2.75, 3.05) is 12.3 Å². The van der Waals surface area contributed by atoms with Crippen molar-refractivity contribution in [3.05, 3.63) is 34.9 Å². The number of benzene rings is 1. The maximum atomic E-state index is 11.5. The molecule has 5 nitrogen and oxygen atoms in total. The molecule has 0 fully saturated rings. The number of aliphatic carboxylic acids is 1. The van der Waals surface area contributed by atoms with E-state index in [-0.39, 0.29) is 25.1 Å². The number of nitrogens with one attached hydrogen (secondary N) is 1. The highest BCUT2D eigenvalue weighted by Crippen LogP contribution is 2.09. The van der Waals surface area contributed by atoms with E-state index in [4.69, 9.17) is 16.7 Å². The molecule has 1 rings (SSSR count). The minimum atomic E-state index is -3.39. The second-order valence-electron chi connectivity index (χ2n) is 4.09. The lowest BCUT2D eigenvalue weighted by Gasteiger charge is -2.06. The van der Waals surface area contributed by atoms with Crippen molar-refractivity contribution >= 4 is 27.6 Å². The first-order valence-corrected chi connectivity index (χ1v) is 7.86. The van der Waals surface area contributed by atoms with Crippen molar-refractivity contribution in [1.29, 1.82) is 0 Å². The quantitative estimate of drug-likeness (QED) is 0.765. The van der Waals surface area contributed by atoms with Gasteiger partial charge in [-0.3, -0.25) is 4.79 Å². The monoisotopic (exact) mass is 305 g/mol. The summed E-state index contributed by atoms with van der Waals surface area (Å²) in [6, 6.07) is 7.17. The molecule has 0 aromatic heterocycles. The van der Waals surface area contributed by atoms with Gasteiger partial charge in [0.2, 0.25) is 10.0 Å². The van der Waals surface area contributed by atoms with Crippen molar-refractivity contribution < 1.29 is 18.3 Å². The van der Waals surface area contributed by atoms with E-state index in [0.717, 1.165) is 5.56 Å². The van der Waals surface area contributed by atoms with Crippen LogP contribution in [-0.4, -0.2) is 31.8 Å². The molecule has 106 valence electrons. The molecule has 2 N–H and O–H groups in total. The third-order valence-electron chi connectivity index (χ3n) is 2.45. The fourth-order valence-electron chi connectivity index (χ4n) is 1.49. The van der Waals surface area contributed by atoms with Crippen molar-refractivity contribution in [3.8, 4) is 0 Å². The summed E-state index contributed by atoms with van der Waals surface area (Å²) in [6.45, 7) is 0.289. The molecule has 0 aliphatic heterocycles.